The SMILES string of the molecule is C/C=C/CCc1ccccc1.C=CCCCc1ccccc1.CC1CCCc2ccccc21.CCCCCc1ccccc1.[HH].[HH]. The molecule has 0 aliphatic heterocycles. The number of fused-ring (bicyclic) bond motifs is 1. The van der Waals surface area contributed by atoms with Gasteiger partial charge >= 0.3 is 0 Å². The van der Waals surface area contributed by atoms with Gasteiger partial charge in [-0.05, 0) is 105 Å². The van der Waals surface area contributed by atoms with Crippen molar-refractivity contribution in [2.75, 3.05) is 0 Å². The lowest BCUT2D eigenvalue weighted by atomic mass is 9.84. The minimum Gasteiger partial charge on any atom is -0.103 e. The Balaban J connectivity index is 0.000000579. The van der Waals surface area contributed by atoms with Crippen molar-refractivity contribution in [1.29, 1.82) is 0 Å². The van der Waals surface area contributed by atoms with Crippen molar-refractivity contribution in [2.45, 2.75) is 104 Å². The normalized spacial score (nSPS) is 13.2. The lowest BCUT2D eigenvalue weighted by Gasteiger charge is -2.21. The standard InChI is InChI=1S/C11H14.C11H16.2C11H14.2H2/c1-9-5-4-7-10-6-2-3-8-11(9)10;3*1-2-3-5-8-11-9-6-4-7-10-11;;/h2-3,6,8-9H,4-5,7H2,1H3;4,6-7,9-10H,2-3,5,8H2,1H3;2-4,6-7,9-10H,5,8H2,1H3;2,4,6-7,9-10H,1,3,5,8H2;2*1H/b;;3-2+;;;. The van der Waals surface area contributed by atoms with Crippen LogP contribution in [0, 0.1) is 0 Å². The van der Waals surface area contributed by atoms with Crippen molar-refractivity contribution >= 4 is 0 Å². The Bertz CT molecular complexity index is 1250. The van der Waals surface area contributed by atoms with Gasteiger partial charge in [0, 0.05) is 2.85 Å². The summed E-state index contributed by atoms with van der Waals surface area (Å²) in [5, 5.41) is 0. The van der Waals surface area contributed by atoms with E-state index < -0.39 is 0 Å². The lowest BCUT2D eigenvalue weighted by molar-refractivity contribution is 0.590. The second kappa shape index (κ2) is 24.8. The summed E-state index contributed by atoms with van der Waals surface area (Å²) in [4.78, 5) is 0. The largest absolute Gasteiger partial charge is 0.103 e. The molecule has 0 saturated carbocycles. The Morgan fingerprint density at radius 1 is 0.659 bits per heavy atom. The van der Waals surface area contributed by atoms with Gasteiger partial charge in [-0.1, -0.05) is 160 Å². The summed E-state index contributed by atoms with van der Waals surface area (Å²) in [6, 6.07) is 40.7. The van der Waals surface area contributed by atoms with Crippen LogP contribution in [-0.2, 0) is 25.7 Å². The highest BCUT2D eigenvalue weighted by Crippen LogP contribution is 2.30. The molecule has 0 nitrogen and oxygen atoms in total. The number of benzene rings is 4. The molecule has 0 aromatic heterocycles. The minimum atomic E-state index is 0. The van der Waals surface area contributed by atoms with Gasteiger partial charge in [-0.2, -0.15) is 0 Å². The molecule has 0 radical (unpaired) electrons. The molecular formula is C44H62. The van der Waals surface area contributed by atoms with Gasteiger partial charge in [-0.3, -0.25) is 0 Å². The van der Waals surface area contributed by atoms with Crippen LogP contribution in [0.25, 0.3) is 0 Å². The van der Waals surface area contributed by atoms with E-state index in [0.717, 1.165) is 25.2 Å². The Labute approximate surface area is 274 Å². The molecule has 0 fully saturated rings. The first-order chi connectivity index (χ1) is 21.7. The van der Waals surface area contributed by atoms with Crippen LogP contribution in [0.2, 0.25) is 0 Å². The topological polar surface area (TPSA) is 0 Å². The molecule has 0 N–H and O–H groups in total. The summed E-state index contributed by atoms with van der Waals surface area (Å²) in [5.41, 5.74) is 7.48. The molecule has 1 atom stereocenters. The molecule has 1 unspecified atom stereocenters. The van der Waals surface area contributed by atoms with Crippen molar-refractivity contribution in [1.82, 2.24) is 0 Å². The predicted molar refractivity (Wildman–Crippen MR) is 201 cm³/mol. The van der Waals surface area contributed by atoms with E-state index in [1.165, 1.54) is 74.5 Å². The molecule has 0 bridgehead atoms. The van der Waals surface area contributed by atoms with Crippen molar-refractivity contribution < 1.29 is 2.85 Å². The van der Waals surface area contributed by atoms with Gasteiger partial charge in [-0.25, -0.2) is 0 Å². The van der Waals surface area contributed by atoms with Crippen molar-refractivity contribution in [3.05, 3.63) is 168 Å². The molecular weight excluding hydrogens is 528 g/mol. The minimum absolute atomic E-state index is 0. The van der Waals surface area contributed by atoms with Crippen molar-refractivity contribution in [3.8, 4) is 0 Å². The summed E-state index contributed by atoms with van der Waals surface area (Å²) in [5.74, 6) is 0.792. The molecule has 238 valence electrons. The van der Waals surface area contributed by atoms with Crippen molar-refractivity contribution in [3.63, 3.8) is 0 Å². The number of unbranched alkanes of at least 4 members (excludes halogenated alkanes) is 3. The third-order valence-electron chi connectivity index (χ3n) is 7.98. The summed E-state index contributed by atoms with van der Waals surface area (Å²) in [6.45, 7) is 10.3. The fourth-order valence-electron chi connectivity index (χ4n) is 5.38. The molecule has 0 amide bonds. The molecule has 0 heteroatoms. The molecule has 0 heterocycles. The van der Waals surface area contributed by atoms with Gasteiger partial charge in [0.1, 0.15) is 0 Å². The molecule has 1 aliphatic rings. The van der Waals surface area contributed by atoms with E-state index in [4.69, 9.17) is 0 Å². The zero-order valence-corrected chi connectivity index (χ0v) is 28.0. The summed E-state index contributed by atoms with van der Waals surface area (Å²) in [7, 11) is 0. The van der Waals surface area contributed by atoms with Crippen LogP contribution in [-0.4, -0.2) is 0 Å². The van der Waals surface area contributed by atoms with E-state index >= 15 is 0 Å². The molecule has 5 rings (SSSR count). The maximum absolute atomic E-state index is 3.69. The van der Waals surface area contributed by atoms with Gasteiger partial charge in [0.25, 0.3) is 0 Å². The van der Waals surface area contributed by atoms with Gasteiger partial charge in [-0.15, -0.1) is 6.58 Å². The maximum Gasteiger partial charge on any atom is 0 e. The summed E-state index contributed by atoms with van der Waals surface area (Å²) < 4.78 is 0. The fourth-order valence-corrected chi connectivity index (χ4v) is 5.38. The number of aryl methyl sites for hydroxylation is 4. The summed E-state index contributed by atoms with van der Waals surface area (Å²) in [6.07, 6.45) is 21.4. The third-order valence-corrected chi connectivity index (χ3v) is 7.98. The quantitative estimate of drug-likeness (QED) is 0.120. The highest BCUT2D eigenvalue weighted by Gasteiger charge is 2.14. The molecule has 4 aromatic rings. The Morgan fingerprint density at radius 3 is 1.70 bits per heavy atom. The van der Waals surface area contributed by atoms with E-state index in [1.807, 2.05) is 6.08 Å². The molecule has 44 heavy (non-hydrogen) atoms. The van der Waals surface area contributed by atoms with Gasteiger partial charge < -0.3 is 0 Å². The number of rotatable bonds is 11. The Hall–Kier alpha value is -3.64. The molecule has 1 aliphatic carbocycles. The van der Waals surface area contributed by atoms with Crippen LogP contribution >= 0.6 is 0 Å². The number of hydrogen-bond acceptors (Lipinski definition) is 0. The number of allylic oxidation sites excluding steroid dienone is 3. The zero-order chi connectivity index (χ0) is 31.5. The van der Waals surface area contributed by atoms with E-state index in [0.29, 0.717) is 0 Å². The lowest BCUT2D eigenvalue weighted by Crippen LogP contribution is -2.05. The smallest absolute Gasteiger partial charge is 0 e. The average Bonchev–Trinajstić information content (AvgIpc) is 3.08. The van der Waals surface area contributed by atoms with Crippen LogP contribution in [0.5, 0.6) is 0 Å². The first kappa shape index (κ1) is 36.6. The van der Waals surface area contributed by atoms with E-state index in [9.17, 15) is 0 Å². The Morgan fingerprint density at radius 2 is 1.18 bits per heavy atom. The van der Waals surface area contributed by atoms with Crippen LogP contribution in [0.3, 0.4) is 0 Å². The third kappa shape index (κ3) is 16.9. The van der Waals surface area contributed by atoms with Gasteiger partial charge in [0.2, 0.25) is 0 Å². The van der Waals surface area contributed by atoms with E-state index in [2.05, 4.69) is 155 Å². The van der Waals surface area contributed by atoms with E-state index in [-0.39, 0.29) is 2.85 Å². The monoisotopic (exact) mass is 590 g/mol. The fraction of sp³-hybridized carbons (Fsp3) is 0.364. The van der Waals surface area contributed by atoms with Gasteiger partial charge in [0.05, 0.1) is 0 Å². The average molecular weight is 591 g/mol. The first-order valence-electron chi connectivity index (χ1n) is 17.1. The predicted octanol–water partition coefficient (Wildman–Crippen LogP) is 13.4. The second-order valence-electron chi connectivity index (χ2n) is 11.7. The molecule has 0 spiro atoms. The Kier molecular flexibility index (Phi) is 20.6. The first-order valence-corrected chi connectivity index (χ1v) is 17.1. The highest BCUT2D eigenvalue weighted by atomic mass is 14.2. The maximum atomic E-state index is 3.69. The summed E-state index contributed by atoms with van der Waals surface area (Å²) >= 11 is 0. The van der Waals surface area contributed by atoms with Crippen LogP contribution < -0.4 is 0 Å². The highest BCUT2D eigenvalue weighted by molar-refractivity contribution is 5.31. The van der Waals surface area contributed by atoms with Crippen LogP contribution in [0.15, 0.2) is 140 Å². The van der Waals surface area contributed by atoms with Gasteiger partial charge in [0.15, 0.2) is 0 Å². The van der Waals surface area contributed by atoms with Crippen molar-refractivity contribution in [2.24, 2.45) is 0 Å². The van der Waals surface area contributed by atoms with Crippen LogP contribution in [0.1, 0.15) is 109 Å². The second-order valence-corrected chi connectivity index (χ2v) is 11.7. The van der Waals surface area contributed by atoms with Crippen LogP contribution in [0.4, 0.5) is 0 Å². The van der Waals surface area contributed by atoms with E-state index in [1.54, 1.807) is 11.1 Å². The number of hydrogen-bond donors (Lipinski definition) is 0. The molecule has 4 aromatic carbocycles. The zero-order valence-electron chi connectivity index (χ0n) is 28.0. The molecule has 0 saturated heterocycles.